The second-order valence-corrected chi connectivity index (χ2v) is 5.87. The summed E-state index contributed by atoms with van der Waals surface area (Å²) in [6, 6.07) is 8.78. The lowest BCUT2D eigenvalue weighted by atomic mass is 10.1. The first-order valence-corrected chi connectivity index (χ1v) is 8.40. The number of hydrogen-bond donors (Lipinski definition) is 1. The molecule has 0 radical (unpaired) electrons. The molecule has 0 unspecified atom stereocenters. The number of halogens is 1. The van der Waals surface area contributed by atoms with E-state index >= 15 is 0 Å². The summed E-state index contributed by atoms with van der Waals surface area (Å²) >= 11 is 6.11. The van der Waals surface area contributed by atoms with Gasteiger partial charge in [0.05, 0.1) is 24.9 Å². The van der Waals surface area contributed by atoms with Crippen molar-refractivity contribution in [3.8, 4) is 17.2 Å². The summed E-state index contributed by atoms with van der Waals surface area (Å²) in [6.07, 6.45) is 3.85. The van der Waals surface area contributed by atoms with Crippen molar-refractivity contribution in [2.45, 2.75) is 6.42 Å². The van der Waals surface area contributed by atoms with Crippen molar-refractivity contribution < 1.29 is 24.1 Å². The molecule has 0 aliphatic heterocycles. The fraction of sp³-hybridized carbons (Fsp3) is 0.200. The number of carboxylic acids is 1. The van der Waals surface area contributed by atoms with Crippen LogP contribution in [-0.4, -0.2) is 38.1 Å². The van der Waals surface area contributed by atoms with Crippen molar-refractivity contribution in [2.75, 3.05) is 20.8 Å². The quantitative estimate of drug-likeness (QED) is 0.511. The maximum Gasteiger partial charge on any atom is 0.341 e. The predicted octanol–water partition coefficient (Wildman–Crippen LogP) is 4.30. The smallest absolute Gasteiger partial charge is 0.341 e. The van der Waals surface area contributed by atoms with Crippen LogP contribution in [0.5, 0.6) is 17.2 Å². The lowest BCUT2D eigenvalue weighted by molar-refractivity contribution is -0.139. The second-order valence-electron chi connectivity index (χ2n) is 5.46. The third-order valence-corrected chi connectivity index (χ3v) is 3.87. The molecule has 2 aromatic carbocycles. The van der Waals surface area contributed by atoms with E-state index in [2.05, 4.69) is 11.6 Å². The van der Waals surface area contributed by atoms with Crippen molar-refractivity contribution in [3.05, 3.63) is 59.1 Å². The Morgan fingerprint density at radius 3 is 2.56 bits per heavy atom. The predicted molar refractivity (Wildman–Crippen MR) is 105 cm³/mol. The molecular weight excluding hydrogens is 370 g/mol. The maximum absolute atomic E-state index is 10.8. The molecule has 27 heavy (non-hydrogen) atoms. The first-order valence-electron chi connectivity index (χ1n) is 8.02. The third-order valence-electron chi connectivity index (χ3n) is 3.58. The Morgan fingerprint density at radius 2 is 1.96 bits per heavy atom. The summed E-state index contributed by atoms with van der Waals surface area (Å²) in [5, 5.41) is 9.32. The van der Waals surface area contributed by atoms with Gasteiger partial charge in [0.1, 0.15) is 5.75 Å². The van der Waals surface area contributed by atoms with E-state index < -0.39 is 12.6 Å². The summed E-state index contributed by atoms with van der Waals surface area (Å²) in [7, 11) is 3.04. The molecule has 142 valence electrons. The van der Waals surface area contributed by atoms with Crippen LogP contribution in [-0.2, 0) is 11.2 Å². The molecule has 0 spiro atoms. The van der Waals surface area contributed by atoms with Gasteiger partial charge in [-0.2, -0.15) is 0 Å². The van der Waals surface area contributed by atoms with Gasteiger partial charge >= 0.3 is 5.97 Å². The number of methoxy groups -OCH3 is 2. The van der Waals surface area contributed by atoms with Crippen LogP contribution in [0.2, 0.25) is 5.02 Å². The highest BCUT2D eigenvalue weighted by Crippen LogP contribution is 2.34. The number of benzene rings is 2. The van der Waals surface area contributed by atoms with Crippen LogP contribution in [0.4, 0.5) is 5.69 Å². The minimum Gasteiger partial charge on any atom is -0.495 e. The van der Waals surface area contributed by atoms with Crippen molar-refractivity contribution >= 4 is 29.5 Å². The highest BCUT2D eigenvalue weighted by Gasteiger charge is 2.13. The molecule has 0 saturated carbocycles. The number of aliphatic imine (C=N–C) groups is 1. The van der Waals surface area contributed by atoms with Crippen LogP contribution in [0.3, 0.4) is 0 Å². The minimum absolute atomic E-state index is 0.379. The SMILES string of the molecule is C=CCc1cc(C=Nc2ccc(OC)c(Cl)c2)cc(OC)c1OCC(=O)O. The molecule has 0 amide bonds. The van der Waals surface area contributed by atoms with Gasteiger partial charge in [0.15, 0.2) is 18.1 Å². The van der Waals surface area contributed by atoms with Crippen LogP contribution < -0.4 is 14.2 Å². The minimum atomic E-state index is -1.07. The van der Waals surface area contributed by atoms with E-state index in [1.54, 1.807) is 43.7 Å². The largest absolute Gasteiger partial charge is 0.495 e. The van der Waals surface area contributed by atoms with Gasteiger partial charge in [-0.05, 0) is 42.3 Å². The molecule has 0 heterocycles. The number of nitrogens with zero attached hydrogens (tertiary/aromatic N) is 1. The van der Waals surface area contributed by atoms with E-state index in [0.717, 1.165) is 11.1 Å². The Morgan fingerprint density at radius 1 is 1.22 bits per heavy atom. The van der Waals surface area contributed by atoms with Crippen LogP contribution in [0.15, 0.2) is 48.0 Å². The van der Waals surface area contributed by atoms with Crippen LogP contribution in [0.1, 0.15) is 11.1 Å². The molecule has 0 aromatic heterocycles. The maximum atomic E-state index is 10.8. The fourth-order valence-electron chi connectivity index (χ4n) is 2.40. The molecule has 2 aromatic rings. The van der Waals surface area contributed by atoms with Crippen molar-refractivity contribution in [1.82, 2.24) is 0 Å². The number of carbonyl (C=O) groups is 1. The van der Waals surface area contributed by atoms with Crippen LogP contribution >= 0.6 is 11.6 Å². The Bertz CT molecular complexity index is 864. The second kappa shape index (κ2) is 9.64. The third kappa shape index (κ3) is 5.49. The Balaban J connectivity index is 2.36. The molecule has 0 bridgehead atoms. The van der Waals surface area contributed by atoms with Gasteiger partial charge in [-0.15, -0.1) is 6.58 Å². The van der Waals surface area contributed by atoms with Crippen molar-refractivity contribution in [3.63, 3.8) is 0 Å². The summed E-state index contributed by atoms with van der Waals surface area (Å²) in [4.78, 5) is 15.2. The highest BCUT2D eigenvalue weighted by molar-refractivity contribution is 6.32. The molecule has 0 atom stereocenters. The van der Waals surface area contributed by atoms with Gasteiger partial charge in [0.2, 0.25) is 0 Å². The average molecular weight is 390 g/mol. The number of hydrogen-bond acceptors (Lipinski definition) is 5. The molecule has 2 rings (SSSR count). The van der Waals surface area contributed by atoms with Crippen LogP contribution in [0, 0.1) is 0 Å². The van der Waals surface area contributed by atoms with Crippen molar-refractivity contribution in [1.29, 1.82) is 0 Å². The molecule has 6 nitrogen and oxygen atoms in total. The standard InChI is InChI=1S/C20H20ClNO5/c1-4-5-14-8-13(9-18(26-3)20(14)27-12-19(23)24)11-22-15-6-7-17(25-2)16(21)10-15/h4,6-11H,1,5,12H2,2-3H3,(H,23,24). The number of rotatable bonds is 9. The number of ether oxygens (including phenoxy) is 3. The lowest BCUT2D eigenvalue weighted by Gasteiger charge is -2.14. The molecular formula is C20H20ClNO5. The zero-order valence-corrected chi connectivity index (χ0v) is 15.8. The van der Waals surface area contributed by atoms with Gasteiger partial charge in [0.25, 0.3) is 0 Å². The van der Waals surface area contributed by atoms with Gasteiger partial charge in [-0.25, -0.2) is 4.79 Å². The Kier molecular flexibility index (Phi) is 7.25. The molecule has 0 saturated heterocycles. The average Bonchev–Trinajstić information content (AvgIpc) is 2.65. The van der Waals surface area contributed by atoms with E-state index in [1.807, 2.05) is 6.07 Å². The molecule has 0 aliphatic rings. The van der Waals surface area contributed by atoms with E-state index in [4.69, 9.17) is 30.9 Å². The van der Waals surface area contributed by atoms with E-state index in [-0.39, 0.29) is 0 Å². The van der Waals surface area contributed by atoms with E-state index in [0.29, 0.717) is 34.4 Å². The summed E-state index contributed by atoms with van der Waals surface area (Å²) in [5.74, 6) is 0.309. The van der Waals surface area contributed by atoms with Crippen LogP contribution in [0.25, 0.3) is 0 Å². The Labute approximate surface area is 162 Å². The number of allylic oxidation sites excluding steroid dienone is 1. The first kappa shape index (κ1) is 20.3. The van der Waals surface area contributed by atoms with E-state index in [1.165, 1.54) is 7.11 Å². The van der Waals surface area contributed by atoms with E-state index in [9.17, 15) is 4.79 Å². The van der Waals surface area contributed by atoms with Gasteiger partial charge in [-0.1, -0.05) is 17.7 Å². The highest BCUT2D eigenvalue weighted by atomic mass is 35.5. The molecule has 0 aliphatic carbocycles. The molecule has 7 heteroatoms. The first-order chi connectivity index (χ1) is 13.0. The summed E-state index contributed by atoms with van der Waals surface area (Å²) < 4.78 is 15.9. The topological polar surface area (TPSA) is 77.3 Å². The van der Waals surface area contributed by atoms with Gasteiger partial charge in [0, 0.05) is 11.8 Å². The van der Waals surface area contributed by atoms with Crippen molar-refractivity contribution in [2.24, 2.45) is 4.99 Å². The molecule has 1 N–H and O–H groups in total. The van der Waals surface area contributed by atoms with Gasteiger partial charge in [-0.3, -0.25) is 4.99 Å². The number of carboxylic acid groups (broad SMARTS) is 1. The lowest BCUT2D eigenvalue weighted by Crippen LogP contribution is -2.11. The zero-order valence-electron chi connectivity index (χ0n) is 15.1. The zero-order chi connectivity index (χ0) is 19.8. The number of aliphatic carboxylic acids is 1. The van der Waals surface area contributed by atoms with Gasteiger partial charge < -0.3 is 19.3 Å². The summed E-state index contributed by atoms with van der Waals surface area (Å²) in [5.41, 5.74) is 2.18. The fourth-order valence-corrected chi connectivity index (χ4v) is 2.65. The normalized spacial score (nSPS) is 10.6. The Hall–Kier alpha value is -2.99. The molecule has 0 fully saturated rings. The summed E-state index contributed by atoms with van der Waals surface area (Å²) in [6.45, 7) is 3.26. The monoisotopic (exact) mass is 389 g/mol.